The van der Waals surface area contributed by atoms with Gasteiger partial charge in [0.2, 0.25) is 0 Å². The Morgan fingerprint density at radius 2 is 2.00 bits per heavy atom. The predicted octanol–water partition coefficient (Wildman–Crippen LogP) is 1.26. The summed E-state index contributed by atoms with van der Waals surface area (Å²) < 4.78 is 0. The Morgan fingerprint density at radius 3 is 2.65 bits per heavy atom. The van der Waals surface area contributed by atoms with Crippen molar-refractivity contribution in [2.24, 2.45) is 11.8 Å². The van der Waals surface area contributed by atoms with Crippen LogP contribution in [0.3, 0.4) is 0 Å². The second kappa shape index (κ2) is 6.17. The van der Waals surface area contributed by atoms with Gasteiger partial charge in [0.15, 0.2) is 0 Å². The Labute approximate surface area is 107 Å². The Hall–Kier alpha value is -0.120. The summed E-state index contributed by atoms with van der Waals surface area (Å²) in [5.41, 5.74) is 0. The molecule has 2 aliphatic rings. The van der Waals surface area contributed by atoms with Crippen LogP contribution in [-0.4, -0.2) is 62.2 Å². The Kier molecular flexibility index (Phi) is 4.83. The molecule has 0 amide bonds. The molecule has 0 aromatic rings. The second-order valence-electron chi connectivity index (χ2n) is 6.41. The van der Waals surface area contributed by atoms with E-state index in [0.29, 0.717) is 0 Å². The average molecular weight is 239 g/mol. The van der Waals surface area contributed by atoms with Crippen molar-refractivity contribution < 1.29 is 0 Å². The monoisotopic (exact) mass is 239 g/mol. The third kappa shape index (κ3) is 3.94. The average Bonchev–Trinajstić information content (AvgIpc) is 2.86. The van der Waals surface area contributed by atoms with E-state index in [-0.39, 0.29) is 0 Å². The van der Waals surface area contributed by atoms with E-state index in [1.807, 2.05) is 0 Å². The third-order valence-electron chi connectivity index (χ3n) is 4.19. The maximum absolute atomic E-state index is 3.61. The van der Waals surface area contributed by atoms with Crippen molar-refractivity contribution in [3.8, 4) is 0 Å². The molecule has 0 aromatic carbocycles. The smallest absolute Gasteiger partial charge is 0.0235 e. The van der Waals surface area contributed by atoms with Crippen LogP contribution in [0.2, 0.25) is 0 Å². The van der Waals surface area contributed by atoms with E-state index in [1.54, 1.807) is 0 Å². The second-order valence-corrected chi connectivity index (χ2v) is 6.41. The number of likely N-dealkylation sites (tertiary alicyclic amines) is 2. The van der Waals surface area contributed by atoms with Gasteiger partial charge < -0.3 is 10.2 Å². The lowest BCUT2D eigenvalue weighted by Gasteiger charge is -2.23. The molecule has 0 radical (unpaired) electrons. The fourth-order valence-electron chi connectivity index (χ4n) is 3.15. The summed E-state index contributed by atoms with van der Waals surface area (Å²) in [6.45, 7) is 12.2. The lowest BCUT2D eigenvalue weighted by atomic mass is 10.1. The minimum atomic E-state index is 0.774. The minimum absolute atomic E-state index is 0.774. The third-order valence-corrected chi connectivity index (χ3v) is 4.19. The van der Waals surface area contributed by atoms with Crippen LogP contribution in [0.25, 0.3) is 0 Å². The van der Waals surface area contributed by atoms with E-state index in [2.05, 4.69) is 36.0 Å². The minimum Gasteiger partial charge on any atom is -0.316 e. The maximum atomic E-state index is 3.61. The summed E-state index contributed by atoms with van der Waals surface area (Å²) in [6.07, 6.45) is 2.77. The summed E-state index contributed by atoms with van der Waals surface area (Å²) >= 11 is 0. The van der Waals surface area contributed by atoms with Crippen LogP contribution in [0.15, 0.2) is 0 Å². The van der Waals surface area contributed by atoms with Crippen molar-refractivity contribution in [2.45, 2.75) is 32.7 Å². The van der Waals surface area contributed by atoms with E-state index in [9.17, 15) is 0 Å². The normalized spacial score (nSPS) is 31.8. The van der Waals surface area contributed by atoms with Crippen LogP contribution in [0.5, 0.6) is 0 Å². The first kappa shape index (κ1) is 13.3. The molecule has 2 atom stereocenters. The van der Waals surface area contributed by atoms with Gasteiger partial charge >= 0.3 is 0 Å². The van der Waals surface area contributed by atoms with Crippen LogP contribution in [0, 0.1) is 11.8 Å². The van der Waals surface area contributed by atoms with Crippen molar-refractivity contribution in [1.29, 1.82) is 0 Å². The molecule has 100 valence electrons. The highest BCUT2D eigenvalue weighted by Crippen LogP contribution is 2.22. The molecular formula is C14H29N3. The highest BCUT2D eigenvalue weighted by Gasteiger charge is 2.31. The zero-order valence-corrected chi connectivity index (χ0v) is 11.8. The molecule has 17 heavy (non-hydrogen) atoms. The number of nitrogens with zero attached hydrogens (tertiary/aromatic N) is 2. The largest absolute Gasteiger partial charge is 0.316 e. The first-order valence-electron chi connectivity index (χ1n) is 7.28. The molecule has 0 spiro atoms. The van der Waals surface area contributed by atoms with Gasteiger partial charge in [0, 0.05) is 19.1 Å². The van der Waals surface area contributed by atoms with Crippen LogP contribution in [-0.2, 0) is 0 Å². The molecular weight excluding hydrogens is 210 g/mol. The molecule has 2 aliphatic heterocycles. The van der Waals surface area contributed by atoms with Crippen molar-refractivity contribution in [3.63, 3.8) is 0 Å². The Morgan fingerprint density at radius 1 is 1.18 bits per heavy atom. The summed E-state index contributed by atoms with van der Waals surface area (Å²) in [5.74, 6) is 1.66. The number of rotatable bonds is 5. The molecule has 0 aliphatic carbocycles. The molecule has 3 nitrogen and oxygen atoms in total. The zero-order chi connectivity index (χ0) is 12.3. The van der Waals surface area contributed by atoms with Gasteiger partial charge in [0.25, 0.3) is 0 Å². The predicted molar refractivity (Wildman–Crippen MR) is 73.3 cm³/mol. The van der Waals surface area contributed by atoms with Gasteiger partial charge in [-0.3, -0.25) is 4.90 Å². The summed E-state index contributed by atoms with van der Waals surface area (Å²) in [7, 11) is 2.25. The Bertz CT molecular complexity index is 230. The molecule has 2 saturated heterocycles. The van der Waals surface area contributed by atoms with Crippen molar-refractivity contribution in [2.75, 3.05) is 46.3 Å². The molecule has 0 bridgehead atoms. The number of likely N-dealkylation sites (N-methyl/N-ethyl adjacent to an activating group) is 1. The molecule has 2 rings (SSSR count). The summed E-state index contributed by atoms with van der Waals surface area (Å²) in [4.78, 5) is 5.19. The lowest BCUT2D eigenvalue weighted by Crippen LogP contribution is -2.36. The van der Waals surface area contributed by atoms with Crippen LogP contribution in [0.4, 0.5) is 0 Å². The van der Waals surface area contributed by atoms with E-state index in [4.69, 9.17) is 0 Å². The molecule has 2 fully saturated rings. The van der Waals surface area contributed by atoms with Gasteiger partial charge in [-0.2, -0.15) is 0 Å². The lowest BCUT2D eigenvalue weighted by molar-refractivity contribution is 0.233. The fourth-order valence-corrected chi connectivity index (χ4v) is 3.15. The van der Waals surface area contributed by atoms with Gasteiger partial charge in [-0.15, -0.1) is 0 Å². The SMILES string of the molecule is CC(C)CNCC1CCN(C2CCN(C)C2)C1. The quantitative estimate of drug-likeness (QED) is 0.779. The Balaban J connectivity index is 1.65. The van der Waals surface area contributed by atoms with Gasteiger partial charge in [0.1, 0.15) is 0 Å². The topological polar surface area (TPSA) is 18.5 Å². The van der Waals surface area contributed by atoms with Gasteiger partial charge in [-0.05, 0) is 57.9 Å². The van der Waals surface area contributed by atoms with E-state index in [1.165, 1.54) is 52.1 Å². The van der Waals surface area contributed by atoms with E-state index in [0.717, 1.165) is 17.9 Å². The van der Waals surface area contributed by atoms with Crippen LogP contribution >= 0.6 is 0 Å². The van der Waals surface area contributed by atoms with Gasteiger partial charge in [-0.1, -0.05) is 13.8 Å². The zero-order valence-electron chi connectivity index (χ0n) is 11.8. The molecule has 2 unspecified atom stereocenters. The molecule has 2 heterocycles. The number of hydrogen-bond donors (Lipinski definition) is 1. The van der Waals surface area contributed by atoms with Crippen molar-refractivity contribution in [1.82, 2.24) is 15.1 Å². The van der Waals surface area contributed by atoms with Crippen LogP contribution < -0.4 is 5.32 Å². The summed E-state index contributed by atoms with van der Waals surface area (Å²) in [6, 6.07) is 0.843. The van der Waals surface area contributed by atoms with Gasteiger partial charge in [0.05, 0.1) is 0 Å². The molecule has 3 heteroatoms. The standard InChI is InChI=1S/C14H29N3/c1-12(2)8-15-9-13-4-7-17(10-13)14-5-6-16(3)11-14/h12-15H,4-11H2,1-3H3. The number of nitrogens with one attached hydrogen (secondary N) is 1. The molecule has 1 N–H and O–H groups in total. The van der Waals surface area contributed by atoms with Crippen molar-refractivity contribution in [3.05, 3.63) is 0 Å². The molecule has 0 aromatic heterocycles. The molecule has 0 saturated carbocycles. The van der Waals surface area contributed by atoms with Crippen LogP contribution in [0.1, 0.15) is 26.7 Å². The highest BCUT2D eigenvalue weighted by molar-refractivity contribution is 4.87. The highest BCUT2D eigenvalue weighted by atomic mass is 15.3. The fraction of sp³-hybridized carbons (Fsp3) is 1.00. The maximum Gasteiger partial charge on any atom is 0.0235 e. The van der Waals surface area contributed by atoms with E-state index >= 15 is 0 Å². The van der Waals surface area contributed by atoms with Crippen molar-refractivity contribution >= 4 is 0 Å². The van der Waals surface area contributed by atoms with E-state index < -0.39 is 0 Å². The summed E-state index contributed by atoms with van der Waals surface area (Å²) in [5, 5.41) is 3.61. The first-order chi connectivity index (χ1) is 8.15. The van der Waals surface area contributed by atoms with Gasteiger partial charge in [-0.25, -0.2) is 0 Å². The number of hydrogen-bond acceptors (Lipinski definition) is 3. The first-order valence-corrected chi connectivity index (χ1v) is 7.28.